The molecular weight excluding hydrogens is 312 g/mol. The Morgan fingerprint density at radius 1 is 1.30 bits per heavy atom. The first-order valence-corrected chi connectivity index (χ1v) is 8.71. The molecule has 1 aliphatic rings. The first kappa shape index (κ1) is 15.9. The molecule has 3 rings (SSSR count). The molecule has 2 aromatic heterocycles. The zero-order valence-corrected chi connectivity index (χ0v) is 14.2. The van der Waals surface area contributed by atoms with Crippen molar-refractivity contribution in [2.24, 2.45) is 0 Å². The normalized spacial score (nSPS) is 15.8. The first-order chi connectivity index (χ1) is 11.1. The molecule has 2 amide bonds. The van der Waals surface area contributed by atoms with Crippen molar-refractivity contribution in [1.82, 2.24) is 14.9 Å². The molecule has 1 aliphatic heterocycles. The lowest BCUT2D eigenvalue weighted by Crippen LogP contribution is -2.37. The molecule has 23 heavy (non-hydrogen) atoms. The van der Waals surface area contributed by atoms with Gasteiger partial charge in [0.2, 0.25) is 11.8 Å². The van der Waals surface area contributed by atoms with E-state index in [1.54, 1.807) is 0 Å². The van der Waals surface area contributed by atoms with E-state index in [1.807, 2.05) is 24.0 Å². The van der Waals surface area contributed by atoms with Crippen LogP contribution in [-0.2, 0) is 9.59 Å². The maximum Gasteiger partial charge on any atom is 0.223 e. The predicted molar refractivity (Wildman–Crippen MR) is 90.6 cm³/mol. The van der Waals surface area contributed by atoms with Crippen molar-refractivity contribution in [3.63, 3.8) is 0 Å². The van der Waals surface area contributed by atoms with Gasteiger partial charge >= 0.3 is 0 Å². The average molecular weight is 332 g/mol. The molecule has 0 bridgehead atoms. The standard InChI is InChI=1S/C16H20N4O2S/c1-3-14(22)20-8-6-11(7-9-20)12-4-5-13-15(18-12)19-16(23-13)17-10(2)21/h4-5,11H,3,6-9H2,1-2H3,(H,17,18,19,21). The minimum Gasteiger partial charge on any atom is -0.343 e. The summed E-state index contributed by atoms with van der Waals surface area (Å²) in [5.74, 6) is 0.467. The van der Waals surface area contributed by atoms with Crippen LogP contribution >= 0.6 is 11.3 Å². The number of carbonyl (C=O) groups excluding carboxylic acids is 2. The van der Waals surface area contributed by atoms with Crippen molar-refractivity contribution in [1.29, 1.82) is 0 Å². The van der Waals surface area contributed by atoms with E-state index in [-0.39, 0.29) is 11.8 Å². The van der Waals surface area contributed by atoms with Gasteiger partial charge < -0.3 is 10.2 Å². The van der Waals surface area contributed by atoms with Crippen LogP contribution in [0.5, 0.6) is 0 Å². The summed E-state index contributed by atoms with van der Waals surface area (Å²) in [6.45, 7) is 4.96. The highest BCUT2D eigenvalue weighted by Gasteiger charge is 2.24. The summed E-state index contributed by atoms with van der Waals surface area (Å²) in [5.41, 5.74) is 1.71. The number of piperidine rings is 1. The van der Waals surface area contributed by atoms with Crippen LogP contribution < -0.4 is 5.32 Å². The SMILES string of the molecule is CCC(=O)N1CCC(c2ccc3sc(NC(C)=O)nc3n2)CC1. The van der Waals surface area contributed by atoms with Crippen LogP contribution in [0.15, 0.2) is 12.1 Å². The van der Waals surface area contributed by atoms with Gasteiger partial charge in [-0.15, -0.1) is 0 Å². The maximum atomic E-state index is 11.7. The molecule has 1 N–H and O–H groups in total. The number of thiazole rings is 1. The zero-order chi connectivity index (χ0) is 16.4. The Hall–Kier alpha value is -2.02. The third-order valence-electron chi connectivity index (χ3n) is 4.13. The van der Waals surface area contributed by atoms with Crippen LogP contribution in [0.1, 0.15) is 44.7 Å². The minimum atomic E-state index is -0.128. The molecule has 6 nitrogen and oxygen atoms in total. The lowest BCUT2D eigenvalue weighted by atomic mass is 9.93. The highest BCUT2D eigenvalue weighted by molar-refractivity contribution is 7.22. The Morgan fingerprint density at radius 2 is 2.04 bits per heavy atom. The molecule has 0 saturated carbocycles. The number of amides is 2. The number of hydrogen-bond donors (Lipinski definition) is 1. The second kappa shape index (κ2) is 6.62. The van der Waals surface area contributed by atoms with Crippen LogP contribution in [-0.4, -0.2) is 39.8 Å². The number of likely N-dealkylation sites (tertiary alicyclic amines) is 1. The monoisotopic (exact) mass is 332 g/mol. The highest BCUT2D eigenvalue weighted by Crippen LogP contribution is 2.30. The Morgan fingerprint density at radius 3 is 2.70 bits per heavy atom. The molecule has 0 aliphatic carbocycles. The maximum absolute atomic E-state index is 11.7. The number of pyridine rings is 1. The van der Waals surface area contributed by atoms with Gasteiger partial charge in [0, 0.05) is 38.0 Å². The molecule has 3 heterocycles. The van der Waals surface area contributed by atoms with Crippen molar-refractivity contribution >= 4 is 38.6 Å². The second-order valence-electron chi connectivity index (χ2n) is 5.77. The van der Waals surface area contributed by atoms with Gasteiger partial charge in [0.15, 0.2) is 10.8 Å². The Balaban J connectivity index is 1.73. The number of rotatable bonds is 3. The van der Waals surface area contributed by atoms with Gasteiger partial charge in [-0.3, -0.25) is 9.59 Å². The number of hydrogen-bond acceptors (Lipinski definition) is 5. The molecule has 0 unspecified atom stereocenters. The summed E-state index contributed by atoms with van der Waals surface area (Å²) < 4.78 is 0.969. The van der Waals surface area contributed by atoms with E-state index in [0.717, 1.165) is 36.3 Å². The number of carbonyl (C=O) groups is 2. The fourth-order valence-electron chi connectivity index (χ4n) is 2.91. The Bertz CT molecular complexity index is 735. The summed E-state index contributed by atoms with van der Waals surface area (Å²) in [6.07, 6.45) is 2.44. The van der Waals surface area contributed by atoms with Crippen LogP contribution in [0.25, 0.3) is 10.3 Å². The molecule has 0 radical (unpaired) electrons. The van der Waals surface area contributed by atoms with Gasteiger partial charge in [0.05, 0.1) is 4.70 Å². The predicted octanol–water partition coefficient (Wildman–Crippen LogP) is 2.77. The molecule has 122 valence electrons. The van der Waals surface area contributed by atoms with E-state index in [4.69, 9.17) is 0 Å². The van der Waals surface area contributed by atoms with Gasteiger partial charge in [-0.05, 0) is 25.0 Å². The topological polar surface area (TPSA) is 75.2 Å². The molecule has 1 saturated heterocycles. The lowest BCUT2D eigenvalue weighted by Gasteiger charge is -2.31. The van der Waals surface area contributed by atoms with E-state index in [1.165, 1.54) is 18.3 Å². The molecule has 1 fully saturated rings. The fourth-order valence-corrected chi connectivity index (χ4v) is 3.77. The summed E-state index contributed by atoms with van der Waals surface area (Å²) in [6, 6.07) is 4.06. The van der Waals surface area contributed by atoms with E-state index >= 15 is 0 Å². The number of anilines is 1. The van der Waals surface area contributed by atoms with Gasteiger partial charge in [-0.1, -0.05) is 18.3 Å². The zero-order valence-electron chi connectivity index (χ0n) is 13.3. The lowest BCUT2D eigenvalue weighted by molar-refractivity contribution is -0.131. The first-order valence-electron chi connectivity index (χ1n) is 7.89. The van der Waals surface area contributed by atoms with E-state index in [9.17, 15) is 9.59 Å². The van der Waals surface area contributed by atoms with Gasteiger partial charge in [0.1, 0.15) is 0 Å². The molecule has 0 spiro atoms. The van der Waals surface area contributed by atoms with Crippen LogP contribution in [0, 0.1) is 0 Å². The number of aromatic nitrogens is 2. The number of fused-ring (bicyclic) bond motifs is 1. The van der Waals surface area contributed by atoms with Crippen molar-refractivity contribution in [3.05, 3.63) is 17.8 Å². The van der Waals surface area contributed by atoms with E-state index in [2.05, 4.69) is 15.3 Å². The van der Waals surface area contributed by atoms with Gasteiger partial charge in [-0.2, -0.15) is 4.98 Å². The molecule has 0 atom stereocenters. The molecule has 7 heteroatoms. The average Bonchev–Trinajstić information content (AvgIpc) is 2.94. The molecule has 2 aromatic rings. The summed E-state index contributed by atoms with van der Waals surface area (Å²) >= 11 is 1.43. The third-order valence-corrected chi connectivity index (χ3v) is 5.05. The second-order valence-corrected chi connectivity index (χ2v) is 6.80. The van der Waals surface area contributed by atoms with Crippen molar-refractivity contribution in [2.75, 3.05) is 18.4 Å². The third kappa shape index (κ3) is 3.50. The van der Waals surface area contributed by atoms with Crippen molar-refractivity contribution < 1.29 is 9.59 Å². The number of nitrogens with zero attached hydrogens (tertiary/aromatic N) is 3. The van der Waals surface area contributed by atoms with E-state index in [0.29, 0.717) is 23.1 Å². The van der Waals surface area contributed by atoms with E-state index < -0.39 is 0 Å². The van der Waals surface area contributed by atoms with Gasteiger partial charge in [-0.25, -0.2) is 4.98 Å². The van der Waals surface area contributed by atoms with Crippen LogP contribution in [0.4, 0.5) is 5.13 Å². The van der Waals surface area contributed by atoms with Crippen molar-refractivity contribution in [2.45, 2.75) is 39.0 Å². The Labute approximate surface area is 138 Å². The molecule has 0 aromatic carbocycles. The van der Waals surface area contributed by atoms with Crippen LogP contribution in [0.2, 0.25) is 0 Å². The van der Waals surface area contributed by atoms with Crippen LogP contribution in [0.3, 0.4) is 0 Å². The highest BCUT2D eigenvalue weighted by atomic mass is 32.1. The largest absolute Gasteiger partial charge is 0.343 e. The Kier molecular flexibility index (Phi) is 4.56. The summed E-state index contributed by atoms with van der Waals surface area (Å²) in [7, 11) is 0. The molecular formula is C16H20N4O2S. The summed E-state index contributed by atoms with van der Waals surface area (Å²) in [5, 5.41) is 3.29. The fraction of sp³-hybridized carbons (Fsp3) is 0.500. The minimum absolute atomic E-state index is 0.128. The summed E-state index contributed by atoms with van der Waals surface area (Å²) in [4.78, 5) is 33.8. The quantitative estimate of drug-likeness (QED) is 0.938. The van der Waals surface area contributed by atoms with Crippen molar-refractivity contribution in [3.8, 4) is 0 Å². The smallest absolute Gasteiger partial charge is 0.223 e. The van der Waals surface area contributed by atoms with Gasteiger partial charge in [0.25, 0.3) is 0 Å². The number of nitrogens with one attached hydrogen (secondary N) is 1.